The Morgan fingerprint density at radius 3 is 2.71 bits per heavy atom. The van der Waals surface area contributed by atoms with Crippen molar-refractivity contribution in [2.75, 3.05) is 13.7 Å². The van der Waals surface area contributed by atoms with E-state index in [0.717, 1.165) is 30.7 Å². The van der Waals surface area contributed by atoms with Gasteiger partial charge >= 0.3 is 0 Å². The third kappa shape index (κ3) is 4.87. The summed E-state index contributed by atoms with van der Waals surface area (Å²) in [6.45, 7) is 2.99. The quantitative estimate of drug-likeness (QED) is 0.840. The van der Waals surface area contributed by atoms with E-state index < -0.39 is 0 Å². The van der Waals surface area contributed by atoms with E-state index in [4.69, 9.17) is 4.74 Å². The topological polar surface area (TPSA) is 21.3 Å². The van der Waals surface area contributed by atoms with Gasteiger partial charge in [-0.25, -0.2) is 4.39 Å². The Hall–Kier alpha value is -1.87. The third-order valence-corrected chi connectivity index (χ3v) is 3.51. The minimum absolute atomic E-state index is 0.172. The van der Waals surface area contributed by atoms with Crippen LogP contribution in [-0.4, -0.2) is 19.7 Å². The lowest BCUT2D eigenvalue weighted by Crippen LogP contribution is -2.30. The van der Waals surface area contributed by atoms with E-state index in [-0.39, 0.29) is 5.82 Å². The fourth-order valence-corrected chi connectivity index (χ4v) is 2.45. The van der Waals surface area contributed by atoms with E-state index in [1.165, 1.54) is 11.6 Å². The van der Waals surface area contributed by atoms with Crippen molar-refractivity contribution in [3.8, 4) is 5.75 Å². The number of methoxy groups -OCH3 is 1. The van der Waals surface area contributed by atoms with Crippen LogP contribution in [0.2, 0.25) is 0 Å². The monoisotopic (exact) mass is 287 g/mol. The van der Waals surface area contributed by atoms with Gasteiger partial charge in [0.1, 0.15) is 11.6 Å². The maximum absolute atomic E-state index is 13.1. The SMILES string of the molecule is COc1ccccc1CCNC(C)Cc1cccc(F)c1. The summed E-state index contributed by atoms with van der Waals surface area (Å²) in [4.78, 5) is 0. The molecule has 0 heterocycles. The Balaban J connectivity index is 1.80. The van der Waals surface area contributed by atoms with Crippen LogP contribution >= 0.6 is 0 Å². The second-order valence-corrected chi connectivity index (χ2v) is 5.25. The highest BCUT2D eigenvalue weighted by Gasteiger charge is 2.05. The molecule has 0 fully saturated rings. The van der Waals surface area contributed by atoms with Crippen molar-refractivity contribution in [1.82, 2.24) is 5.32 Å². The average Bonchev–Trinajstić information content (AvgIpc) is 2.47. The Kier molecular flexibility index (Phi) is 5.76. The standard InChI is InChI=1S/C18H22FNO/c1-14(12-15-6-5-8-17(19)13-15)20-11-10-16-7-3-4-9-18(16)21-2/h3-9,13-14,20H,10-12H2,1-2H3. The second-order valence-electron chi connectivity index (χ2n) is 5.25. The number of nitrogens with one attached hydrogen (secondary N) is 1. The average molecular weight is 287 g/mol. The van der Waals surface area contributed by atoms with Gasteiger partial charge in [0.25, 0.3) is 0 Å². The first-order valence-electron chi connectivity index (χ1n) is 7.29. The molecule has 0 bridgehead atoms. The van der Waals surface area contributed by atoms with Crippen LogP contribution in [0.25, 0.3) is 0 Å². The van der Waals surface area contributed by atoms with Crippen molar-refractivity contribution in [3.05, 3.63) is 65.5 Å². The van der Waals surface area contributed by atoms with Crippen molar-refractivity contribution in [3.63, 3.8) is 0 Å². The van der Waals surface area contributed by atoms with Crippen molar-refractivity contribution < 1.29 is 9.13 Å². The summed E-state index contributed by atoms with van der Waals surface area (Å²) in [5, 5.41) is 3.47. The molecule has 2 rings (SSSR count). The van der Waals surface area contributed by atoms with Gasteiger partial charge in [-0.3, -0.25) is 0 Å². The zero-order chi connectivity index (χ0) is 15.1. The number of para-hydroxylation sites is 1. The van der Waals surface area contributed by atoms with E-state index in [1.54, 1.807) is 19.2 Å². The lowest BCUT2D eigenvalue weighted by molar-refractivity contribution is 0.408. The Bertz CT molecular complexity index is 571. The summed E-state index contributed by atoms with van der Waals surface area (Å²) in [5.74, 6) is 0.755. The molecule has 0 amide bonds. The maximum atomic E-state index is 13.1. The molecule has 2 nitrogen and oxygen atoms in total. The molecule has 21 heavy (non-hydrogen) atoms. The molecule has 0 aliphatic heterocycles. The smallest absolute Gasteiger partial charge is 0.123 e. The van der Waals surface area contributed by atoms with Crippen LogP contribution in [0.5, 0.6) is 5.75 Å². The van der Waals surface area contributed by atoms with Gasteiger partial charge < -0.3 is 10.1 Å². The summed E-state index contributed by atoms with van der Waals surface area (Å²) >= 11 is 0. The van der Waals surface area contributed by atoms with Crippen molar-refractivity contribution in [2.24, 2.45) is 0 Å². The van der Waals surface area contributed by atoms with E-state index in [1.807, 2.05) is 24.3 Å². The highest BCUT2D eigenvalue weighted by molar-refractivity contribution is 5.33. The van der Waals surface area contributed by atoms with E-state index >= 15 is 0 Å². The third-order valence-electron chi connectivity index (χ3n) is 3.51. The van der Waals surface area contributed by atoms with Gasteiger partial charge in [-0.15, -0.1) is 0 Å². The molecule has 1 atom stereocenters. The minimum atomic E-state index is -0.172. The van der Waals surface area contributed by atoms with Gasteiger partial charge in [-0.2, -0.15) is 0 Å². The molecule has 112 valence electrons. The van der Waals surface area contributed by atoms with Gasteiger partial charge in [0, 0.05) is 6.04 Å². The van der Waals surface area contributed by atoms with Crippen molar-refractivity contribution >= 4 is 0 Å². The summed E-state index contributed by atoms with van der Waals surface area (Å²) in [6, 6.07) is 15.1. The highest BCUT2D eigenvalue weighted by atomic mass is 19.1. The summed E-state index contributed by atoms with van der Waals surface area (Å²) in [7, 11) is 1.69. The number of hydrogen-bond acceptors (Lipinski definition) is 2. The number of rotatable bonds is 7. The second kappa shape index (κ2) is 7.79. The van der Waals surface area contributed by atoms with Crippen LogP contribution in [0.15, 0.2) is 48.5 Å². The molecule has 2 aromatic rings. The van der Waals surface area contributed by atoms with Gasteiger partial charge in [-0.05, 0) is 55.6 Å². The van der Waals surface area contributed by atoms with E-state index in [0.29, 0.717) is 6.04 Å². The Morgan fingerprint density at radius 1 is 1.14 bits per heavy atom. The maximum Gasteiger partial charge on any atom is 0.123 e. The van der Waals surface area contributed by atoms with E-state index in [2.05, 4.69) is 18.3 Å². The van der Waals surface area contributed by atoms with E-state index in [9.17, 15) is 4.39 Å². The first-order chi connectivity index (χ1) is 10.2. The predicted molar refractivity (Wildman–Crippen MR) is 84.3 cm³/mol. The molecule has 0 aliphatic carbocycles. The molecule has 0 aromatic heterocycles. The molecular formula is C18H22FNO. The molecule has 0 saturated heterocycles. The van der Waals surface area contributed by atoms with Gasteiger partial charge in [-0.1, -0.05) is 30.3 Å². The largest absolute Gasteiger partial charge is 0.496 e. The van der Waals surface area contributed by atoms with Crippen LogP contribution in [0, 0.1) is 5.82 Å². The first kappa shape index (κ1) is 15.5. The Labute approximate surface area is 126 Å². The number of halogens is 1. The highest BCUT2D eigenvalue weighted by Crippen LogP contribution is 2.17. The number of benzene rings is 2. The van der Waals surface area contributed by atoms with Gasteiger partial charge in [0.05, 0.1) is 7.11 Å². The van der Waals surface area contributed by atoms with Crippen LogP contribution in [0.1, 0.15) is 18.1 Å². The van der Waals surface area contributed by atoms with Gasteiger partial charge in [0.2, 0.25) is 0 Å². The minimum Gasteiger partial charge on any atom is -0.496 e. The predicted octanol–water partition coefficient (Wildman–Crippen LogP) is 3.60. The molecule has 0 radical (unpaired) electrons. The number of ether oxygens (including phenoxy) is 1. The lowest BCUT2D eigenvalue weighted by Gasteiger charge is -2.15. The molecule has 0 saturated carbocycles. The zero-order valence-corrected chi connectivity index (χ0v) is 12.6. The number of hydrogen-bond donors (Lipinski definition) is 1. The molecule has 0 aliphatic rings. The molecule has 2 aromatic carbocycles. The summed E-state index contributed by atoms with van der Waals surface area (Å²) in [5.41, 5.74) is 2.22. The molecular weight excluding hydrogens is 265 g/mol. The normalized spacial score (nSPS) is 12.1. The van der Waals surface area contributed by atoms with Gasteiger partial charge in [0.15, 0.2) is 0 Å². The molecule has 1 N–H and O–H groups in total. The van der Waals surface area contributed by atoms with Crippen LogP contribution < -0.4 is 10.1 Å². The Morgan fingerprint density at radius 2 is 1.95 bits per heavy atom. The zero-order valence-electron chi connectivity index (χ0n) is 12.6. The molecule has 3 heteroatoms. The first-order valence-corrected chi connectivity index (χ1v) is 7.29. The van der Waals surface area contributed by atoms with Crippen LogP contribution in [0.3, 0.4) is 0 Å². The summed E-state index contributed by atoms with van der Waals surface area (Å²) in [6.07, 6.45) is 1.74. The molecule has 0 spiro atoms. The lowest BCUT2D eigenvalue weighted by atomic mass is 10.1. The fourth-order valence-electron chi connectivity index (χ4n) is 2.45. The fraction of sp³-hybridized carbons (Fsp3) is 0.333. The van der Waals surface area contributed by atoms with Crippen LogP contribution in [0.4, 0.5) is 4.39 Å². The van der Waals surface area contributed by atoms with Crippen molar-refractivity contribution in [1.29, 1.82) is 0 Å². The van der Waals surface area contributed by atoms with Crippen molar-refractivity contribution in [2.45, 2.75) is 25.8 Å². The van der Waals surface area contributed by atoms with Crippen LogP contribution in [-0.2, 0) is 12.8 Å². The summed E-state index contributed by atoms with van der Waals surface area (Å²) < 4.78 is 18.5. The molecule has 1 unspecified atom stereocenters.